The molecule has 2 N–H and O–H groups in total. The van der Waals surface area contributed by atoms with Crippen LogP contribution in [-0.4, -0.2) is 22.4 Å². The molecule has 0 spiro atoms. The predicted octanol–water partition coefficient (Wildman–Crippen LogP) is 1.70. The molecule has 2 nitrogen and oxygen atoms in total. The summed E-state index contributed by atoms with van der Waals surface area (Å²) in [7, 11) is 0. The Balaban J connectivity index is 2.25. The fraction of sp³-hybridized carbons (Fsp3) is 1.00. The highest BCUT2D eigenvalue weighted by Gasteiger charge is 2.59. The molecule has 2 rings (SSSR count). The van der Waals surface area contributed by atoms with Crippen LogP contribution < -0.4 is 0 Å². The van der Waals surface area contributed by atoms with E-state index in [1.807, 2.05) is 0 Å². The fourth-order valence-corrected chi connectivity index (χ4v) is 3.70. The maximum atomic E-state index is 10.6. The van der Waals surface area contributed by atoms with Gasteiger partial charge in [-0.05, 0) is 44.4 Å². The van der Waals surface area contributed by atoms with E-state index < -0.39 is 5.60 Å². The normalized spacial score (nSPS) is 49.6. The van der Waals surface area contributed by atoms with E-state index in [1.165, 1.54) is 0 Å². The minimum absolute atomic E-state index is 0.0706. The summed E-state index contributed by atoms with van der Waals surface area (Å²) < 4.78 is 0. The first kappa shape index (κ1) is 9.47. The molecule has 2 heteroatoms. The summed E-state index contributed by atoms with van der Waals surface area (Å²) in [6.07, 6.45) is 6.26. The average Bonchev–Trinajstić information content (AvgIpc) is 2.51. The topological polar surface area (TPSA) is 40.5 Å². The van der Waals surface area contributed by atoms with Gasteiger partial charge in [-0.1, -0.05) is 6.92 Å². The first-order chi connectivity index (χ1) is 6.15. The van der Waals surface area contributed by atoms with Crippen LogP contribution in [0.2, 0.25) is 0 Å². The Bertz CT molecular complexity index is 200. The Morgan fingerprint density at radius 1 is 1.31 bits per heavy atom. The van der Waals surface area contributed by atoms with Crippen molar-refractivity contribution in [2.75, 3.05) is 6.61 Å². The number of fused-ring (bicyclic) bond motifs is 1. The molecule has 2 aliphatic carbocycles. The number of aliphatic hydroxyl groups excluding tert-OH is 1. The van der Waals surface area contributed by atoms with Crippen LogP contribution in [0.1, 0.15) is 45.4 Å². The fourth-order valence-electron chi connectivity index (χ4n) is 3.70. The van der Waals surface area contributed by atoms with Crippen LogP contribution in [0.5, 0.6) is 0 Å². The third kappa shape index (κ3) is 1.08. The monoisotopic (exact) mass is 184 g/mol. The smallest absolute Gasteiger partial charge is 0.0729 e. The van der Waals surface area contributed by atoms with Crippen molar-refractivity contribution in [2.24, 2.45) is 11.3 Å². The van der Waals surface area contributed by atoms with Gasteiger partial charge in [-0.3, -0.25) is 0 Å². The lowest BCUT2D eigenvalue weighted by Gasteiger charge is -2.38. The molecular formula is C11H20O2. The van der Waals surface area contributed by atoms with Gasteiger partial charge >= 0.3 is 0 Å². The van der Waals surface area contributed by atoms with Crippen molar-refractivity contribution in [1.29, 1.82) is 0 Å². The highest BCUT2D eigenvalue weighted by atomic mass is 16.3. The van der Waals surface area contributed by atoms with E-state index in [0.717, 1.165) is 38.5 Å². The summed E-state index contributed by atoms with van der Waals surface area (Å²) in [4.78, 5) is 0. The van der Waals surface area contributed by atoms with E-state index in [-0.39, 0.29) is 12.0 Å². The van der Waals surface area contributed by atoms with Crippen molar-refractivity contribution in [3.8, 4) is 0 Å². The lowest BCUT2D eigenvalue weighted by molar-refractivity contribution is -0.0734. The van der Waals surface area contributed by atoms with Crippen LogP contribution in [0.15, 0.2) is 0 Å². The molecule has 13 heavy (non-hydrogen) atoms. The summed E-state index contributed by atoms with van der Waals surface area (Å²) in [5, 5.41) is 19.6. The first-order valence-corrected chi connectivity index (χ1v) is 5.48. The van der Waals surface area contributed by atoms with Crippen LogP contribution in [0, 0.1) is 11.3 Å². The molecule has 0 radical (unpaired) electrons. The Kier molecular flexibility index (Phi) is 2.16. The minimum atomic E-state index is -0.449. The van der Waals surface area contributed by atoms with E-state index in [4.69, 9.17) is 5.11 Å². The Morgan fingerprint density at radius 2 is 2.08 bits per heavy atom. The number of hydrogen-bond acceptors (Lipinski definition) is 2. The molecule has 2 saturated carbocycles. The summed E-state index contributed by atoms with van der Waals surface area (Å²) in [5.74, 6) is 0.432. The molecular weight excluding hydrogens is 164 g/mol. The second-order valence-corrected chi connectivity index (χ2v) is 4.97. The third-order valence-corrected chi connectivity index (χ3v) is 4.59. The predicted molar refractivity (Wildman–Crippen MR) is 51.3 cm³/mol. The maximum absolute atomic E-state index is 10.6. The summed E-state index contributed by atoms with van der Waals surface area (Å²) in [6, 6.07) is 0. The van der Waals surface area contributed by atoms with Crippen molar-refractivity contribution in [1.82, 2.24) is 0 Å². The van der Waals surface area contributed by atoms with E-state index in [2.05, 4.69) is 6.92 Å². The van der Waals surface area contributed by atoms with Gasteiger partial charge in [0.15, 0.2) is 0 Å². The van der Waals surface area contributed by atoms with Gasteiger partial charge in [0.25, 0.3) is 0 Å². The molecule has 0 aliphatic heterocycles. The van der Waals surface area contributed by atoms with Crippen molar-refractivity contribution >= 4 is 0 Å². The van der Waals surface area contributed by atoms with Gasteiger partial charge in [-0.2, -0.15) is 0 Å². The Labute approximate surface area is 80.0 Å². The van der Waals surface area contributed by atoms with E-state index in [9.17, 15) is 5.11 Å². The molecule has 3 unspecified atom stereocenters. The molecule has 0 aromatic rings. The molecule has 0 heterocycles. The molecule has 0 saturated heterocycles. The average molecular weight is 184 g/mol. The SMILES string of the molecule is CC1CCC2(CCO)CCCC12O. The summed E-state index contributed by atoms with van der Waals surface area (Å²) >= 11 is 0. The van der Waals surface area contributed by atoms with E-state index >= 15 is 0 Å². The summed E-state index contributed by atoms with van der Waals surface area (Å²) in [6.45, 7) is 2.39. The second kappa shape index (κ2) is 2.96. The largest absolute Gasteiger partial charge is 0.396 e. The van der Waals surface area contributed by atoms with Gasteiger partial charge in [0.05, 0.1) is 5.60 Å². The second-order valence-electron chi connectivity index (χ2n) is 4.97. The molecule has 3 atom stereocenters. The standard InChI is InChI=1S/C11H20O2/c1-9-3-6-10(7-8-12)4-2-5-11(9,10)13/h9,12-13H,2-8H2,1H3. The Morgan fingerprint density at radius 3 is 2.77 bits per heavy atom. The highest BCUT2D eigenvalue weighted by molar-refractivity contribution is 5.10. The zero-order chi connectivity index (χ0) is 9.53. The van der Waals surface area contributed by atoms with Gasteiger partial charge < -0.3 is 10.2 Å². The van der Waals surface area contributed by atoms with Crippen LogP contribution in [0.3, 0.4) is 0 Å². The van der Waals surface area contributed by atoms with Gasteiger partial charge in [-0.15, -0.1) is 0 Å². The van der Waals surface area contributed by atoms with E-state index in [1.54, 1.807) is 0 Å². The maximum Gasteiger partial charge on any atom is 0.0729 e. The number of rotatable bonds is 2. The minimum Gasteiger partial charge on any atom is -0.396 e. The van der Waals surface area contributed by atoms with Crippen LogP contribution in [0.4, 0.5) is 0 Å². The van der Waals surface area contributed by atoms with E-state index in [0.29, 0.717) is 5.92 Å². The van der Waals surface area contributed by atoms with Crippen LogP contribution >= 0.6 is 0 Å². The zero-order valence-electron chi connectivity index (χ0n) is 8.42. The highest BCUT2D eigenvalue weighted by Crippen LogP contribution is 2.61. The molecule has 76 valence electrons. The molecule has 2 aliphatic rings. The van der Waals surface area contributed by atoms with Gasteiger partial charge in [-0.25, -0.2) is 0 Å². The van der Waals surface area contributed by atoms with Gasteiger partial charge in [0.1, 0.15) is 0 Å². The molecule has 0 bridgehead atoms. The lowest BCUT2D eigenvalue weighted by Crippen LogP contribution is -2.43. The van der Waals surface area contributed by atoms with Crippen LogP contribution in [-0.2, 0) is 0 Å². The Hall–Kier alpha value is -0.0800. The number of aliphatic hydroxyl groups is 2. The lowest BCUT2D eigenvalue weighted by atomic mass is 9.72. The van der Waals surface area contributed by atoms with Gasteiger partial charge in [0.2, 0.25) is 0 Å². The van der Waals surface area contributed by atoms with Crippen molar-refractivity contribution < 1.29 is 10.2 Å². The van der Waals surface area contributed by atoms with Crippen molar-refractivity contribution in [2.45, 2.75) is 51.0 Å². The molecule has 0 aromatic heterocycles. The molecule has 0 aromatic carbocycles. The third-order valence-electron chi connectivity index (χ3n) is 4.59. The van der Waals surface area contributed by atoms with Crippen LogP contribution in [0.25, 0.3) is 0 Å². The zero-order valence-corrected chi connectivity index (χ0v) is 8.42. The first-order valence-electron chi connectivity index (χ1n) is 5.48. The summed E-state index contributed by atoms with van der Waals surface area (Å²) in [5.41, 5.74) is -0.378. The molecule has 2 fully saturated rings. The quantitative estimate of drug-likeness (QED) is 0.685. The number of hydrogen-bond donors (Lipinski definition) is 2. The van der Waals surface area contributed by atoms with Crippen molar-refractivity contribution in [3.63, 3.8) is 0 Å². The van der Waals surface area contributed by atoms with Crippen molar-refractivity contribution in [3.05, 3.63) is 0 Å². The van der Waals surface area contributed by atoms with Gasteiger partial charge in [0, 0.05) is 12.0 Å². The molecule has 0 amide bonds.